The monoisotopic (exact) mass is 278 g/mol. The van der Waals surface area contributed by atoms with Crippen molar-refractivity contribution in [1.29, 1.82) is 0 Å². The Morgan fingerprint density at radius 2 is 2.14 bits per heavy atom. The average Bonchev–Trinajstić information content (AvgIpc) is 2.99. The zero-order valence-electron chi connectivity index (χ0n) is 12.3. The quantitative estimate of drug-likeness (QED) is 0.895. The number of anilines is 1. The molecule has 1 heterocycles. The third-order valence-corrected chi connectivity index (χ3v) is 3.82. The lowest BCUT2D eigenvalue weighted by atomic mass is 9.92. The van der Waals surface area contributed by atoms with Gasteiger partial charge in [0, 0.05) is 36.9 Å². The number of rotatable bonds is 3. The summed E-state index contributed by atoms with van der Waals surface area (Å²) in [5.41, 5.74) is 3.19. The summed E-state index contributed by atoms with van der Waals surface area (Å²) in [6, 6.07) is 12.3. The molecule has 1 atom stereocenters. The lowest BCUT2D eigenvalue weighted by Crippen LogP contribution is -2.05. The molecule has 3 nitrogen and oxygen atoms in total. The summed E-state index contributed by atoms with van der Waals surface area (Å²) >= 11 is 0. The zero-order chi connectivity index (χ0) is 14.8. The van der Waals surface area contributed by atoms with Crippen molar-refractivity contribution < 1.29 is 4.79 Å². The van der Waals surface area contributed by atoms with E-state index in [0.29, 0.717) is 0 Å². The number of carbonyl (C=O) groups is 1. The van der Waals surface area contributed by atoms with Crippen LogP contribution >= 0.6 is 0 Å². The minimum absolute atomic E-state index is 0.0528. The molecule has 2 aromatic rings. The van der Waals surface area contributed by atoms with E-state index >= 15 is 0 Å². The average molecular weight is 278 g/mol. The van der Waals surface area contributed by atoms with Crippen LogP contribution in [0, 0.1) is 0 Å². The summed E-state index contributed by atoms with van der Waals surface area (Å²) in [5.74, 6) is 0.197. The Bertz CT molecular complexity index is 759. The highest BCUT2D eigenvalue weighted by atomic mass is 16.1. The molecule has 106 valence electrons. The fourth-order valence-electron chi connectivity index (χ4n) is 2.79. The van der Waals surface area contributed by atoms with E-state index < -0.39 is 0 Å². The van der Waals surface area contributed by atoms with E-state index in [1.165, 1.54) is 23.3 Å². The molecule has 0 aromatic heterocycles. The molecule has 0 bridgehead atoms. The van der Waals surface area contributed by atoms with Crippen molar-refractivity contribution in [3.05, 3.63) is 53.7 Å². The van der Waals surface area contributed by atoms with E-state index in [2.05, 4.69) is 41.5 Å². The molecule has 21 heavy (non-hydrogen) atoms. The van der Waals surface area contributed by atoms with Crippen LogP contribution in [0.25, 0.3) is 10.8 Å². The Hall–Kier alpha value is -2.42. The first kappa shape index (κ1) is 13.6. The minimum Gasteiger partial charge on any atom is -0.326 e. The van der Waals surface area contributed by atoms with Crippen molar-refractivity contribution in [2.45, 2.75) is 26.2 Å². The van der Waals surface area contributed by atoms with Crippen molar-refractivity contribution in [3.63, 3.8) is 0 Å². The standard InChI is InChI=1S/C18H18N2O/c1-12(18-7-4-10-19-18)16-6-3-5-14-8-9-15(11-17(14)16)20-13(2)21/h3,5-12H,4H2,1-2H3,(H,20,21). The van der Waals surface area contributed by atoms with Gasteiger partial charge in [-0.1, -0.05) is 37.3 Å². The number of benzene rings is 2. The number of amides is 1. The number of nitrogens with zero attached hydrogens (tertiary/aromatic N) is 1. The summed E-state index contributed by atoms with van der Waals surface area (Å²) < 4.78 is 0. The van der Waals surface area contributed by atoms with Gasteiger partial charge >= 0.3 is 0 Å². The maximum Gasteiger partial charge on any atom is 0.221 e. The van der Waals surface area contributed by atoms with Gasteiger partial charge in [-0.15, -0.1) is 0 Å². The molecule has 0 radical (unpaired) electrons. The summed E-state index contributed by atoms with van der Waals surface area (Å²) in [6.07, 6.45) is 5.03. The lowest BCUT2D eigenvalue weighted by molar-refractivity contribution is -0.114. The first-order valence-corrected chi connectivity index (χ1v) is 7.18. The van der Waals surface area contributed by atoms with Crippen LogP contribution < -0.4 is 5.32 Å². The molecular weight excluding hydrogens is 260 g/mol. The zero-order valence-corrected chi connectivity index (χ0v) is 12.3. The highest BCUT2D eigenvalue weighted by molar-refractivity contribution is 5.94. The van der Waals surface area contributed by atoms with Gasteiger partial charge < -0.3 is 5.32 Å². The van der Waals surface area contributed by atoms with Crippen LogP contribution in [0.5, 0.6) is 0 Å². The van der Waals surface area contributed by atoms with Crippen LogP contribution in [0.3, 0.4) is 0 Å². The first-order chi connectivity index (χ1) is 10.1. The van der Waals surface area contributed by atoms with Crippen LogP contribution in [0.2, 0.25) is 0 Å². The Balaban J connectivity index is 2.08. The molecule has 1 N–H and O–H groups in total. The second-order valence-corrected chi connectivity index (χ2v) is 5.36. The fraction of sp³-hybridized carbons (Fsp3) is 0.222. The van der Waals surface area contributed by atoms with E-state index in [9.17, 15) is 4.79 Å². The smallest absolute Gasteiger partial charge is 0.221 e. The predicted molar refractivity (Wildman–Crippen MR) is 87.9 cm³/mol. The third kappa shape index (κ3) is 2.72. The Labute approximate surface area is 124 Å². The van der Waals surface area contributed by atoms with Crippen LogP contribution in [-0.2, 0) is 4.79 Å². The SMILES string of the molecule is CC(=O)Nc1ccc2cccc(C(C)C3=CCC=N3)c2c1. The van der Waals surface area contributed by atoms with Gasteiger partial charge in [0.15, 0.2) is 0 Å². The molecule has 0 saturated heterocycles. The molecule has 0 saturated carbocycles. The van der Waals surface area contributed by atoms with Gasteiger partial charge in [-0.3, -0.25) is 9.79 Å². The topological polar surface area (TPSA) is 41.5 Å². The molecule has 0 fully saturated rings. The molecule has 1 aliphatic heterocycles. The van der Waals surface area contributed by atoms with Crippen molar-refractivity contribution in [1.82, 2.24) is 0 Å². The number of hydrogen-bond acceptors (Lipinski definition) is 2. The van der Waals surface area contributed by atoms with Crippen molar-refractivity contribution >= 4 is 28.6 Å². The highest BCUT2D eigenvalue weighted by Gasteiger charge is 2.15. The van der Waals surface area contributed by atoms with Crippen LogP contribution in [0.1, 0.15) is 31.7 Å². The summed E-state index contributed by atoms with van der Waals surface area (Å²) in [6.45, 7) is 3.70. The number of fused-ring (bicyclic) bond motifs is 1. The molecule has 0 aliphatic carbocycles. The Morgan fingerprint density at radius 1 is 1.29 bits per heavy atom. The molecule has 1 amide bonds. The van der Waals surface area contributed by atoms with Crippen LogP contribution in [0.15, 0.2) is 53.2 Å². The summed E-state index contributed by atoms with van der Waals surface area (Å²) in [4.78, 5) is 15.7. The molecular formula is C18H18N2O. The van der Waals surface area contributed by atoms with Gasteiger partial charge in [-0.05, 0) is 28.5 Å². The predicted octanol–water partition coefficient (Wildman–Crippen LogP) is 4.26. The molecule has 1 unspecified atom stereocenters. The maximum absolute atomic E-state index is 11.2. The van der Waals surface area contributed by atoms with Gasteiger partial charge in [0.1, 0.15) is 0 Å². The van der Waals surface area contributed by atoms with Crippen molar-refractivity contribution in [3.8, 4) is 0 Å². The van der Waals surface area contributed by atoms with Crippen LogP contribution in [-0.4, -0.2) is 12.1 Å². The largest absolute Gasteiger partial charge is 0.326 e. The second-order valence-electron chi connectivity index (χ2n) is 5.36. The number of aliphatic imine (C=N–C) groups is 1. The summed E-state index contributed by atoms with van der Waals surface area (Å²) in [5, 5.41) is 5.19. The van der Waals surface area contributed by atoms with Crippen LogP contribution in [0.4, 0.5) is 5.69 Å². The normalized spacial score (nSPS) is 15.0. The second kappa shape index (κ2) is 5.52. The van der Waals surface area contributed by atoms with Gasteiger partial charge in [-0.25, -0.2) is 0 Å². The van der Waals surface area contributed by atoms with Crippen molar-refractivity contribution in [2.75, 3.05) is 5.32 Å². The maximum atomic E-state index is 11.2. The van der Waals surface area contributed by atoms with Gasteiger partial charge in [0.2, 0.25) is 5.91 Å². The van der Waals surface area contributed by atoms with E-state index in [0.717, 1.165) is 17.8 Å². The molecule has 1 aliphatic rings. The van der Waals surface area contributed by atoms with Gasteiger partial charge in [0.25, 0.3) is 0 Å². The first-order valence-electron chi connectivity index (χ1n) is 7.18. The van der Waals surface area contributed by atoms with Gasteiger partial charge in [-0.2, -0.15) is 0 Å². The van der Waals surface area contributed by atoms with E-state index in [4.69, 9.17) is 0 Å². The number of allylic oxidation sites excluding steroid dienone is 2. The molecule has 3 heteroatoms. The van der Waals surface area contributed by atoms with E-state index in [1.54, 1.807) is 0 Å². The number of hydrogen-bond donors (Lipinski definition) is 1. The molecule has 2 aromatic carbocycles. The Kier molecular flexibility index (Phi) is 3.57. The summed E-state index contributed by atoms with van der Waals surface area (Å²) in [7, 11) is 0. The molecule has 0 spiro atoms. The Morgan fingerprint density at radius 3 is 2.86 bits per heavy atom. The highest BCUT2D eigenvalue weighted by Crippen LogP contribution is 2.33. The fourth-order valence-corrected chi connectivity index (χ4v) is 2.79. The van der Waals surface area contributed by atoms with E-state index in [-0.39, 0.29) is 11.8 Å². The molecule has 3 rings (SSSR count). The van der Waals surface area contributed by atoms with Gasteiger partial charge in [0.05, 0.1) is 0 Å². The minimum atomic E-state index is -0.0528. The third-order valence-electron chi connectivity index (χ3n) is 3.82. The number of carbonyl (C=O) groups excluding carboxylic acids is 1. The van der Waals surface area contributed by atoms with Crippen molar-refractivity contribution in [2.24, 2.45) is 4.99 Å². The lowest BCUT2D eigenvalue weighted by Gasteiger charge is -2.15. The number of nitrogens with one attached hydrogen (secondary N) is 1. The van der Waals surface area contributed by atoms with E-state index in [1.807, 2.05) is 24.4 Å².